The molecule has 0 amide bonds. The summed E-state index contributed by atoms with van der Waals surface area (Å²) in [6.45, 7) is 2.64. The molecule has 3 aromatic rings. The quantitative estimate of drug-likeness (QED) is 0.616. The summed E-state index contributed by atoms with van der Waals surface area (Å²) in [4.78, 5) is 16.2. The average Bonchev–Trinajstić information content (AvgIpc) is 2.79. The van der Waals surface area contributed by atoms with Crippen LogP contribution in [0.4, 0.5) is 0 Å². The van der Waals surface area contributed by atoms with Crippen LogP contribution in [-0.2, 0) is 6.54 Å². The molecule has 0 radical (unpaired) electrons. The second kappa shape index (κ2) is 3.20. The number of hydrogen-bond donors (Lipinski definition) is 0. The van der Waals surface area contributed by atoms with Crippen LogP contribution in [0.2, 0.25) is 0 Å². The average molecular weight is 213 g/mol. The highest BCUT2D eigenvalue weighted by atomic mass is 16.1. The second-order valence-electron chi connectivity index (χ2n) is 3.69. The SMILES string of the molecule is CCn1c(=O)c2cncn2c2ccccc21. The Morgan fingerprint density at radius 2 is 1.94 bits per heavy atom. The van der Waals surface area contributed by atoms with Gasteiger partial charge in [-0.05, 0) is 19.1 Å². The number of aromatic nitrogens is 3. The minimum Gasteiger partial charge on any atom is -0.305 e. The molecule has 0 aliphatic carbocycles. The molecule has 0 aliphatic rings. The molecule has 4 nitrogen and oxygen atoms in total. The predicted molar refractivity (Wildman–Crippen MR) is 62.6 cm³/mol. The van der Waals surface area contributed by atoms with Crippen molar-refractivity contribution < 1.29 is 0 Å². The summed E-state index contributed by atoms with van der Waals surface area (Å²) in [5.41, 5.74) is 2.59. The van der Waals surface area contributed by atoms with E-state index in [2.05, 4.69) is 4.98 Å². The van der Waals surface area contributed by atoms with Gasteiger partial charge in [0.2, 0.25) is 0 Å². The summed E-state index contributed by atoms with van der Waals surface area (Å²) in [6, 6.07) is 7.86. The molecule has 0 N–H and O–H groups in total. The van der Waals surface area contributed by atoms with E-state index in [0.717, 1.165) is 11.0 Å². The number of benzene rings is 1. The lowest BCUT2D eigenvalue weighted by Crippen LogP contribution is -2.21. The molecule has 80 valence electrons. The normalized spacial score (nSPS) is 11.3. The van der Waals surface area contributed by atoms with Crippen LogP contribution in [0.25, 0.3) is 16.6 Å². The van der Waals surface area contributed by atoms with Crippen LogP contribution < -0.4 is 5.56 Å². The van der Waals surface area contributed by atoms with Gasteiger partial charge in [-0.3, -0.25) is 9.20 Å². The Morgan fingerprint density at radius 3 is 2.69 bits per heavy atom. The maximum Gasteiger partial charge on any atom is 0.276 e. The molecular formula is C12H11N3O. The first-order valence-electron chi connectivity index (χ1n) is 5.26. The van der Waals surface area contributed by atoms with Gasteiger partial charge in [0.05, 0.1) is 23.6 Å². The van der Waals surface area contributed by atoms with Gasteiger partial charge >= 0.3 is 0 Å². The molecule has 0 unspecified atom stereocenters. The van der Waals surface area contributed by atoms with Crippen LogP contribution >= 0.6 is 0 Å². The van der Waals surface area contributed by atoms with E-state index in [-0.39, 0.29) is 5.56 Å². The molecule has 2 heterocycles. The number of imidazole rings is 1. The Balaban J connectivity index is 2.70. The standard InChI is InChI=1S/C12H11N3O/c1-2-14-9-5-3-4-6-10(9)15-8-13-7-11(15)12(14)16/h3-8H,2H2,1H3. The molecule has 0 fully saturated rings. The van der Waals surface area contributed by atoms with Crippen molar-refractivity contribution in [2.24, 2.45) is 0 Å². The van der Waals surface area contributed by atoms with E-state index in [1.54, 1.807) is 17.1 Å². The van der Waals surface area contributed by atoms with Crippen molar-refractivity contribution in [2.45, 2.75) is 13.5 Å². The first-order valence-corrected chi connectivity index (χ1v) is 5.26. The number of rotatable bonds is 1. The van der Waals surface area contributed by atoms with Gasteiger partial charge in [0, 0.05) is 6.54 Å². The van der Waals surface area contributed by atoms with Crippen LogP contribution in [0.15, 0.2) is 41.6 Å². The van der Waals surface area contributed by atoms with E-state index in [4.69, 9.17) is 0 Å². The molecule has 4 heteroatoms. The Morgan fingerprint density at radius 1 is 1.19 bits per heavy atom. The molecule has 0 saturated carbocycles. The zero-order chi connectivity index (χ0) is 11.1. The maximum absolute atomic E-state index is 12.1. The van der Waals surface area contributed by atoms with Crippen LogP contribution in [0.3, 0.4) is 0 Å². The number of nitrogens with zero attached hydrogens (tertiary/aromatic N) is 3. The number of aryl methyl sites for hydroxylation is 1. The largest absolute Gasteiger partial charge is 0.305 e. The Hall–Kier alpha value is -2.10. The Labute approximate surface area is 91.8 Å². The molecular weight excluding hydrogens is 202 g/mol. The van der Waals surface area contributed by atoms with Crippen molar-refractivity contribution in [1.82, 2.24) is 14.0 Å². The first kappa shape index (κ1) is 9.15. The molecule has 16 heavy (non-hydrogen) atoms. The fraction of sp³-hybridized carbons (Fsp3) is 0.167. The van der Waals surface area contributed by atoms with E-state index in [1.165, 1.54) is 0 Å². The van der Waals surface area contributed by atoms with E-state index in [0.29, 0.717) is 12.1 Å². The Kier molecular flexibility index (Phi) is 1.83. The van der Waals surface area contributed by atoms with Crippen LogP contribution in [-0.4, -0.2) is 14.0 Å². The van der Waals surface area contributed by atoms with Crippen LogP contribution in [0.5, 0.6) is 0 Å². The zero-order valence-electron chi connectivity index (χ0n) is 8.92. The van der Waals surface area contributed by atoms with Gasteiger partial charge in [-0.25, -0.2) is 4.98 Å². The molecule has 0 bridgehead atoms. The molecule has 0 atom stereocenters. The van der Waals surface area contributed by atoms with Crippen molar-refractivity contribution in [2.75, 3.05) is 0 Å². The van der Waals surface area contributed by atoms with Gasteiger partial charge in [-0.1, -0.05) is 12.1 Å². The van der Waals surface area contributed by atoms with Crippen molar-refractivity contribution in [3.8, 4) is 0 Å². The summed E-state index contributed by atoms with van der Waals surface area (Å²) in [5, 5.41) is 0. The third kappa shape index (κ3) is 1.04. The van der Waals surface area contributed by atoms with Crippen LogP contribution in [0.1, 0.15) is 6.92 Å². The fourth-order valence-corrected chi connectivity index (χ4v) is 2.10. The van der Waals surface area contributed by atoms with Crippen molar-refractivity contribution in [1.29, 1.82) is 0 Å². The van der Waals surface area contributed by atoms with E-state index in [9.17, 15) is 4.79 Å². The maximum atomic E-state index is 12.1. The van der Waals surface area contributed by atoms with Crippen molar-refractivity contribution >= 4 is 16.6 Å². The van der Waals surface area contributed by atoms with Gasteiger partial charge in [0.1, 0.15) is 5.52 Å². The summed E-state index contributed by atoms with van der Waals surface area (Å²) in [6.07, 6.45) is 3.29. The second-order valence-corrected chi connectivity index (χ2v) is 3.69. The lowest BCUT2D eigenvalue weighted by molar-refractivity contribution is 0.759. The topological polar surface area (TPSA) is 39.3 Å². The van der Waals surface area contributed by atoms with Gasteiger partial charge in [-0.15, -0.1) is 0 Å². The first-order chi connectivity index (χ1) is 7.83. The van der Waals surface area contributed by atoms with Crippen LogP contribution in [0, 0.1) is 0 Å². The summed E-state index contributed by atoms with van der Waals surface area (Å²) < 4.78 is 3.61. The molecule has 0 aliphatic heterocycles. The highest BCUT2D eigenvalue weighted by molar-refractivity contribution is 5.78. The molecule has 0 spiro atoms. The lowest BCUT2D eigenvalue weighted by Gasteiger charge is -2.09. The molecule has 1 aromatic carbocycles. The van der Waals surface area contributed by atoms with E-state index >= 15 is 0 Å². The minimum atomic E-state index is 0.0127. The highest BCUT2D eigenvalue weighted by Crippen LogP contribution is 2.13. The number of fused-ring (bicyclic) bond motifs is 3. The third-order valence-electron chi connectivity index (χ3n) is 2.85. The van der Waals surface area contributed by atoms with Gasteiger partial charge < -0.3 is 4.57 Å². The smallest absolute Gasteiger partial charge is 0.276 e. The number of hydrogen-bond acceptors (Lipinski definition) is 2. The van der Waals surface area contributed by atoms with E-state index in [1.807, 2.05) is 35.6 Å². The van der Waals surface area contributed by atoms with Gasteiger partial charge in [0.25, 0.3) is 5.56 Å². The predicted octanol–water partition coefficient (Wildman–Crippen LogP) is 1.67. The summed E-state index contributed by atoms with van der Waals surface area (Å²) >= 11 is 0. The minimum absolute atomic E-state index is 0.0127. The van der Waals surface area contributed by atoms with Crippen molar-refractivity contribution in [3.63, 3.8) is 0 Å². The number of para-hydroxylation sites is 2. The van der Waals surface area contributed by atoms with E-state index < -0.39 is 0 Å². The summed E-state index contributed by atoms with van der Waals surface area (Å²) in [7, 11) is 0. The lowest BCUT2D eigenvalue weighted by atomic mass is 10.3. The summed E-state index contributed by atoms with van der Waals surface area (Å²) in [5.74, 6) is 0. The Bertz CT molecular complexity index is 724. The third-order valence-corrected chi connectivity index (χ3v) is 2.85. The monoisotopic (exact) mass is 213 g/mol. The fourth-order valence-electron chi connectivity index (χ4n) is 2.10. The van der Waals surface area contributed by atoms with Crippen molar-refractivity contribution in [3.05, 3.63) is 47.1 Å². The van der Waals surface area contributed by atoms with Gasteiger partial charge in [0.15, 0.2) is 0 Å². The zero-order valence-corrected chi connectivity index (χ0v) is 8.92. The van der Waals surface area contributed by atoms with Gasteiger partial charge in [-0.2, -0.15) is 0 Å². The molecule has 3 rings (SSSR count). The highest BCUT2D eigenvalue weighted by Gasteiger charge is 2.08. The molecule has 2 aromatic heterocycles. The molecule has 0 saturated heterocycles.